The molecule has 2 heterocycles. The highest BCUT2D eigenvalue weighted by Gasteiger charge is 2.09. The maximum Gasteiger partial charge on any atom is 0.265 e. The Morgan fingerprint density at radius 3 is 2.78 bits per heavy atom. The van der Waals surface area contributed by atoms with Gasteiger partial charge in [0.15, 0.2) is 0 Å². The normalized spacial score (nSPS) is 10.6. The predicted molar refractivity (Wildman–Crippen MR) is 70.3 cm³/mol. The first-order valence-corrected chi connectivity index (χ1v) is 6.15. The van der Waals surface area contributed by atoms with E-state index in [1.54, 1.807) is 19.5 Å². The van der Waals surface area contributed by atoms with Gasteiger partial charge in [-0.1, -0.05) is 0 Å². The molecule has 0 fully saturated rings. The summed E-state index contributed by atoms with van der Waals surface area (Å²) in [7, 11) is 1.57. The number of pyridine rings is 1. The van der Waals surface area contributed by atoms with Crippen molar-refractivity contribution < 1.29 is 4.74 Å². The number of aromatic amines is 1. The average Bonchev–Trinajstić information content (AvgIpc) is 2.37. The first-order valence-electron chi connectivity index (χ1n) is 5.36. The number of H-pyrrole nitrogens is 1. The van der Waals surface area contributed by atoms with Crippen molar-refractivity contribution in [1.82, 2.24) is 15.0 Å². The van der Waals surface area contributed by atoms with E-state index in [0.29, 0.717) is 29.0 Å². The summed E-state index contributed by atoms with van der Waals surface area (Å²) in [6, 6.07) is 3.77. The van der Waals surface area contributed by atoms with E-state index >= 15 is 0 Å². The van der Waals surface area contributed by atoms with Gasteiger partial charge in [0.1, 0.15) is 10.3 Å². The lowest BCUT2D eigenvalue weighted by molar-refractivity contribution is 0.180. The van der Waals surface area contributed by atoms with E-state index in [2.05, 4.69) is 30.9 Å². The third kappa shape index (κ3) is 3.02. The topological polar surface area (TPSA) is 67.9 Å². The van der Waals surface area contributed by atoms with Crippen molar-refractivity contribution in [3.05, 3.63) is 56.4 Å². The molecule has 6 heteroatoms. The van der Waals surface area contributed by atoms with E-state index in [4.69, 9.17) is 4.74 Å². The molecule has 0 amide bonds. The minimum Gasteiger partial charge on any atom is -0.378 e. The number of nitrogens with zero attached hydrogens (tertiary/aromatic N) is 2. The van der Waals surface area contributed by atoms with Crippen LogP contribution in [0.4, 0.5) is 0 Å². The Hall–Kier alpha value is -1.53. The maximum atomic E-state index is 11.7. The van der Waals surface area contributed by atoms with Gasteiger partial charge in [0.25, 0.3) is 5.56 Å². The number of nitrogens with one attached hydrogen (secondary N) is 1. The molecule has 1 N–H and O–H groups in total. The molecule has 0 aliphatic heterocycles. The molecule has 0 bridgehead atoms. The highest BCUT2D eigenvalue weighted by Crippen LogP contribution is 2.11. The molecule has 0 aromatic carbocycles. The second-order valence-electron chi connectivity index (χ2n) is 3.74. The molecule has 2 aromatic rings. The number of aromatic nitrogens is 3. The molecule has 5 nitrogen and oxygen atoms in total. The first-order chi connectivity index (χ1) is 8.70. The van der Waals surface area contributed by atoms with Gasteiger partial charge >= 0.3 is 0 Å². The number of methoxy groups -OCH3 is 1. The zero-order chi connectivity index (χ0) is 13.0. The van der Waals surface area contributed by atoms with Crippen molar-refractivity contribution >= 4 is 15.9 Å². The van der Waals surface area contributed by atoms with E-state index in [9.17, 15) is 4.79 Å². The highest BCUT2D eigenvalue weighted by atomic mass is 79.9. The standard InChI is InChI=1S/C12H12BrN3O2/c1-18-7-9-11(13)12(17)16-10(15-9)6-8-2-4-14-5-3-8/h2-5H,6-7H2,1H3,(H,15,16,17). The SMILES string of the molecule is COCc1nc(Cc2ccncc2)[nH]c(=O)c1Br. The molecule has 2 rings (SSSR count). The zero-order valence-corrected chi connectivity index (χ0v) is 11.4. The van der Waals surface area contributed by atoms with Crippen LogP contribution in [0.3, 0.4) is 0 Å². The fraction of sp³-hybridized carbons (Fsp3) is 0.250. The number of hydrogen-bond donors (Lipinski definition) is 1. The third-order valence-corrected chi connectivity index (χ3v) is 3.20. The van der Waals surface area contributed by atoms with E-state index in [-0.39, 0.29) is 5.56 Å². The van der Waals surface area contributed by atoms with Crippen LogP contribution in [-0.2, 0) is 17.8 Å². The van der Waals surface area contributed by atoms with Crippen molar-refractivity contribution in [3.8, 4) is 0 Å². The molecule has 0 saturated heterocycles. The number of ether oxygens (including phenoxy) is 1. The molecule has 0 atom stereocenters. The van der Waals surface area contributed by atoms with Gasteiger partial charge in [0.2, 0.25) is 0 Å². The second-order valence-corrected chi connectivity index (χ2v) is 4.53. The van der Waals surface area contributed by atoms with Crippen LogP contribution >= 0.6 is 15.9 Å². The summed E-state index contributed by atoms with van der Waals surface area (Å²) in [5, 5.41) is 0. The minimum absolute atomic E-state index is 0.193. The van der Waals surface area contributed by atoms with Crippen LogP contribution in [0.25, 0.3) is 0 Å². The highest BCUT2D eigenvalue weighted by molar-refractivity contribution is 9.10. The van der Waals surface area contributed by atoms with Gasteiger partial charge in [-0.15, -0.1) is 0 Å². The lowest BCUT2D eigenvalue weighted by atomic mass is 10.2. The van der Waals surface area contributed by atoms with Gasteiger partial charge in [-0.25, -0.2) is 4.98 Å². The summed E-state index contributed by atoms with van der Waals surface area (Å²) in [4.78, 5) is 22.8. The average molecular weight is 310 g/mol. The summed E-state index contributed by atoms with van der Waals surface area (Å²) >= 11 is 3.20. The van der Waals surface area contributed by atoms with Crippen molar-refractivity contribution in [2.75, 3.05) is 7.11 Å². The maximum absolute atomic E-state index is 11.7. The monoisotopic (exact) mass is 309 g/mol. The Morgan fingerprint density at radius 1 is 1.39 bits per heavy atom. The van der Waals surface area contributed by atoms with Gasteiger partial charge in [-0.2, -0.15) is 0 Å². The molecule has 0 radical (unpaired) electrons. The molecular formula is C12H12BrN3O2. The molecule has 0 spiro atoms. The van der Waals surface area contributed by atoms with Crippen molar-refractivity contribution in [3.63, 3.8) is 0 Å². The Kier molecular flexibility index (Phi) is 4.22. The van der Waals surface area contributed by atoms with E-state index in [0.717, 1.165) is 5.56 Å². The van der Waals surface area contributed by atoms with Gasteiger partial charge in [0, 0.05) is 25.9 Å². The molecule has 0 saturated carbocycles. The molecule has 2 aromatic heterocycles. The lowest BCUT2D eigenvalue weighted by Crippen LogP contribution is -2.16. The Bertz CT molecular complexity index is 584. The molecule has 0 aliphatic carbocycles. The van der Waals surface area contributed by atoms with E-state index in [1.165, 1.54) is 0 Å². The Labute approximate surface area is 112 Å². The zero-order valence-electron chi connectivity index (χ0n) is 9.81. The van der Waals surface area contributed by atoms with E-state index < -0.39 is 0 Å². The van der Waals surface area contributed by atoms with Crippen LogP contribution in [0.5, 0.6) is 0 Å². The largest absolute Gasteiger partial charge is 0.378 e. The van der Waals surface area contributed by atoms with Crippen molar-refractivity contribution in [2.45, 2.75) is 13.0 Å². The second kappa shape index (κ2) is 5.88. The summed E-state index contributed by atoms with van der Waals surface area (Å²) in [5.74, 6) is 0.612. The Morgan fingerprint density at radius 2 is 2.11 bits per heavy atom. The van der Waals surface area contributed by atoms with Crippen molar-refractivity contribution in [2.24, 2.45) is 0 Å². The molecule has 94 valence electrons. The summed E-state index contributed by atoms with van der Waals surface area (Å²) in [5.41, 5.74) is 1.45. The van der Waals surface area contributed by atoms with E-state index in [1.807, 2.05) is 12.1 Å². The van der Waals surface area contributed by atoms with Crippen LogP contribution < -0.4 is 5.56 Å². The summed E-state index contributed by atoms with van der Waals surface area (Å²) < 4.78 is 5.43. The molecular weight excluding hydrogens is 298 g/mol. The first kappa shape index (κ1) is 12.9. The molecule has 0 unspecified atom stereocenters. The van der Waals surface area contributed by atoms with Crippen LogP contribution in [0.2, 0.25) is 0 Å². The number of hydrogen-bond acceptors (Lipinski definition) is 4. The summed E-state index contributed by atoms with van der Waals surface area (Å²) in [6.45, 7) is 0.299. The van der Waals surface area contributed by atoms with Gasteiger partial charge in [0.05, 0.1) is 12.3 Å². The molecule has 18 heavy (non-hydrogen) atoms. The Balaban J connectivity index is 2.32. The predicted octanol–water partition coefficient (Wildman–Crippen LogP) is 1.66. The minimum atomic E-state index is -0.193. The van der Waals surface area contributed by atoms with Gasteiger partial charge in [-0.05, 0) is 33.6 Å². The van der Waals surface area contributed by atoms with Crippen LogP contribution in [0.1, 0.15) is 17.1 Å². The lowest BCUT2D eigenvalue weighted by Gasteiger charge is -2.06. The number of halogens is 1. The van der Waals surface area contributed by atoms with Crippen LogP contribution in [-0.4, -0.2) is 22.1 Å². The third-order valence-electron chi connectivity index (χ3n) is 2.38. The van der Waals surface area contributed by atoms with Gasteiger partial charge in [-0.3, -0.25) is 9.78 Å². The van der Waals surface area contributed by atoms with Gasteiger partial charge < -0.3 is 9.72 Å². The quantitative estimate of drug-likeness (QED) is 0.932. The summed E-state index contributed by atoms with van der Waals surface area (Å²) in [6.07, 6.45) is 3.98. The number of rotatable bonds is 4. The smallest absolute Gasteiger partial charge is 0.265 e. The van der Waals surface area contributed by atoms with Crippen LogP contribution in [0, 0.1) is 0 Å². The fourth-order valence-electron chi connectivity index (χ4n) is 1.57. The van der Waals surface area contributed by atoms with Crippen LogP contribution in [0.15, 0.2) is 33.8 Å². The fourth-order valence-corrected chi connectivity index (χ4v) is 1.87. The van der Waals surface area contributed by atoms with Crippen molar-refractivity contribution in [1.29, 1.82) is 0 Å². The molecule has 0 aliphatic rings.